The van der Waals surface area contributed by atoms with Crippen molar-refractivity contribution in [3.05, 3.63) is 36.2 Å². The highest BCUT2D eigenvalue weighted by atomic mass is 16.5. The van der Waals surface area contributed by atoms with Crippen LogP contribution in [0.15, 0.2) is 30.6 Å². The molecule has 2 heterocycles. The Morgan fingerprint density at radius 3 is 2.85 bits per heavy atom. The smallest absolute Gasteiger partial charge is 0.122 e. The summed E-state index contributed by atoms with van der Waals surface area (Å²) in [4.78, 5) is 0. The second-order valence-electron chi connectivity index (χ2n) is 2.86. The quantitative estimate of drug-likeness (QED) is 0.753. The van der Waals surface area contributed by atoms with Crippen molar-refractivity contribution in [1.29, 1.82) is 0 Å². The molecule has 2 rings (SSSR count). The molecule has 1 N–H and O–H groups in total. The van der Waals surface area contributed by atoms with Gasteiger partial charge in [-0.1, -0.05) is 0 Å². The van der Waals surface area contributed by atoms with Crippen LogP contribution in [0.5, 0.6) is 5.75 Å². The summed E-state index contributed by atoms with van der Waals surface area (Å²) >= 11 is 0. The zero-order valence-corrected chi connectivity index (χ0v) is 7.40. The lowest BCUT2D eigenvalue weighted by molar-refractivity contribution is 0.283. The van der Waals surface area contributed by atoms with Crippen molar-refractivity contribution in [2.45, 2.75) is 6.61 Å². The van der Waals surface area contributed by atoms with Crippen molar-refractivity contribution in [3.63, 3.8) is 0 Å². The van der Waals surface area contributed by atoms with E-state index < -0.39 is 0 Å². The number of rotatable bonds is 2. The average Bonchev–Trinajstić information content (AvgIpc) is 2.59. The van der Waals surface area contributed by atoms with Crippen LogP contribution in [0, 0.1) is 0 Å². The van der Waals surface area contributed by atoms with Gasteiger partial charge in [-0.15, -0.1) is 0 Å². The molecule has 0 saturated carbocycles. The lowest BCUT2D eigenvalue weighted by atomic mass is 10.2. The first-order valence-corrected chi connectivity index (χ1v) is 4.09. The Hall–Kier alpha value is -1.48. The lowest BCUT2D eigenvalue weighted by Crippen LogP contribution is -1.88. The molecule has 2 aromatic rings. The van der Waals surface area contributed by atoms with Gasteiger partial charge in [-0.3, -0.25) is 0 Å². The van der Waals surface area contributed by atoms with Crippen molar-refractivity contribution >= 4 is 5.52 Å². The molecule has 0 amide bonds. The molecule has 0 unspecified atom stereocenters. The van der Waals surface area contributed by atoms with E-state index >= 15 is 0 Å². The van der Waals surface area contributed by atoms with Crippen LogP contribution in [0.4, 0.5) is 0 Å². The Morgan fingerprint density at radius 2 is 2.15 bits per heavy atom. The first-order chi connectivity index (χ1) is 6.35. The lowest BCUT2D eigenvalue weighted by Gasteiger charge is -2.01. The highest BCUT2D eigenvalue weighted by Crippen LogP contribution is 2.18. The van der Waals surface area contributed by atoms with Crippen molar-refractivity contribution in [2.24, 2.45) is 0 Å². The van der Waals surface area contributed by atoms with Gasteiger partial charge in [-0.25, -0.2) is 0 Å². The number of aliphatic hydroxyl groups is 1. The number of aromatic nitrogens is 1. The van der Waals surface area contributed by atoms with Gasteiger partial charge in [-0.2, -0.15) is 0 Å². The van der Waals surface area contributed by atoms with Gasteiger partial charge >= 0.3 is 0 Å². The molecule has 3 heteroatoms. The number of nitrogens with zero attached hydrogens (tertiary/aromatic N) is 1. The molecule has 0 bridgehead atoms. The van der Waals surface area contributed by atoms with Gasteiger partial charge in [-0.05, 0) is 12.1 Å². The van der Waals surface area contributed by atoms with E-state index in [0.717, 1.165) is 16.8 Å². The Morgan fingerprint density at radius 1 is 1.38 bits per heavy atom. The number of pyridine rings is 1. The topological polar surface area (TPSA) is 33.9 Å². The molecule has 0 fully saturated rings. The predicted molar refractivity (Wildman–Crippen MR) is 49.9 cm³/mol. The summed E-state index contributed by atoms with van der Waals surface area (Å²) in [7, 11) is 1.63. The summed E-state index contributed by atoms with van der Waals surface area (Å²) in [5.74, 6) is 0.806. The molecule has 0 aromatic carbocycles. The Labute approximate surface area is 76.2 Å². The molecule has 3 nitrogen and oxygen atoms in total. The summed E-state index contributed by atoms with van der Waals surface area (Å²) in [6.07, 6.45) is 3.83. The van der Waals surface area contributed by atoms with Crippen molar-refractivity contribution in [3.8, 4) is 5.75 Å². The van der Waals surface area contributed by atoms with Crippen molar-refractivity contribution in [2.75, 3.05) is 7.11 Å². The third-order valence-electron chi connectivity index (χ3n) is 2.13. The SMILES string of the molecule is COc1ccn2ccc(CO)c2c1. The highest BCUT2D eigenvalue weighted by Gasteiger charge is 2.01. The Balaban J connectivity index is 2.64. The van der Waals surface area contributed by atoms with Crippen LogP contribution in [-0.2, 0) is 6.61 Å². The maximum absolute atomic E-state index is 9.03. The van der Waals surface area contributed by atoms with Crippen LogP contribution < -0.4 is 4.74 Å². The van der Waals surface area contributed by atoms with Crippen LogP contribution in [0.1, 0.15) is 5.56 Å². The van der Waals surface area contributed by atoms with Gasteiger partial charge in [0.15, 0.2) is 0 Å². The molecular weight excluding hydrogens is 166 g/mol. The van der Waals surface area contributed by atoms with E-state index in [9.17, 15) is 0 Å². The summed E-state index contributed by atoms with van der Waals surface area (Å²) in [5, 5.41) is 9.03. The molecule has 2 aromatic heterocycles. The van der Waals surface area contributed by atoms with Crippen molar-refractivity contribution in [1.82, 2.24) is 4.40 Å². The molecule has 0 aliphatic carbocycles. The fourth-order valence-electron chi connectivity index (χ4n) is 1.40. The standard InChI is InChI=1S/C10H11NO2/c1-13-9-3-5-11-4-2-8(7-12)10(11)6-9/h2-6,12H,7H2,1H3. The number of hydrogen-bond acceptors (Lipinski definition) is 2. The number of methoxy groups -OCH3 is 1. The van der Waals surface area contributed by atoms with Gasteiger partial charge in [0.05, 0.1) is 19.2 Å². The van der Waals surface area contributed by atoms with E-state index in [0.29, 0.717) is 0 Å². The fraction of sp³-hybridized carbons (Fsp3) is 0.200. The molecule has 0 atom stereocenters. The molecule has 0 aliphatic rings. The van der Waals surface area contributed by atoms with Gasteiger partial charge in [0.1, 0.15) is 5.75 Å². The molecule has 68 valence electrons. The number of fused-ring (bicyclic) bond motifs is 1. The van der Waals surface area contributed by atoms with Gasteiger partial charge in [0.2, 0.25) is 0 Å². The van der Waals surface area contributed by atoms with E-state index in [1.807, 2.05) is 35.0 Å². The Bertz CT molecular complexity index is 420. The highest BCUT2D eigenvalue weighted by molar-refractivity contribution is 5.58. The number of aliphatic hydroxyl groups excluding tert-OH is 1. The summed E-state index contributed by atoms with van der Waals surface area (Å²) in [6.45, 7) is 0.0592. The predicted octanol–water partition coefficient (Wildman–Crippen LogP) is 1.44. The van der Waals surface area contributed by atoms with Crippen LogP contribution in [0.25, 0.3) is 5.52 Å². The molecular formula is C10H11NO2. The molecule has 0 aliphatic heterocycles. The second-order valence-corrected chi connectivity index (χ2v) is 2.86. The molecule has 0 saturated heterocycles. The minimum absolute atomic E-state index is 0.0592. The minimum Gasteiger partial charge on any atom is -0.497 e. The van der Waals surface area contributed by atoms with Gasteiger partial charge in [0, 0.05) is 24.0 Å². The van der Waals surface area contributed by atoms with E-state index in [-0.39, 0.29) is 6.61 Å². The second kappa shape index (κ2) is 3.11. The largest absolute Gasteiger partial charge is 0.497 e. The zero-order chi connectivity index (χ0) is 9.26. The molecule has 0 radical (unpaired) electrons. The number of ether oxygens (including phenoxy) is 1. The average molecular weight is 177 g/mol. The number of hydrogen-bond donors (Lipinski definition) is 1. The minimum atomic E-state index is 0.0592. The van der Waals surface area contributed by atoms with Crippen LogP contribution in [0.2, 0.25) is 0 Å². The van der Waals surface area contributed by atoms with E-state index in [2.05, 4.69) is 0 Å². The third-order valence-corrected chi connectivity index (χ3v) is 2.13. The van der Waals surface area contributed by atoms with E-state index in [1.165, 1.54) is 0 Å². The first-order valence-electron chi connectivity index (χ1n) is 4.09. The third kappa shape index (κ3) is 1.27. The van der Waals surface area contributed by atoms with Crippen LogP contribution in [0.3, 0.4) is 0 Å². The van der Waals surface area contributed by atoms with Gasteiger partial charge in [0.25, 0.3) is 0 Å². The summed E-state index contributed by atoms with van der Waals surface area (Å²) < 4.78 is 7.05. The van der Waals surface area contributed by atoms with Crippen molar-refractivity contribution < 1.29 is 9.84 Å². The zero-order valence-electron chi connectivity index (χ0n) is 7.40. The molecule has 0 spiro atoms. The normalized spacial score (nSPS) is 10.6. The first kappa shape index (κ1) is 8.13. The summed E-state index contributed by atoms with van der Waals surface area (Å²) in [5.41, 5.74) is 1.90. The van der Waals surface area contributed by atoms with E-state index in [4.69, 9.17) is 9.84 Å². The Kier molecular flexibility index (Phi) is 1.94. The maximum atomic E-state index is 9.03. The molecule has 13 heavy (non-hydrogen) atoms. The monoisotopic (exact) mass is 177 g/mol. The fourth-order valence-corrected chi connectivity index (χ4v) is 1.40. The summed E-state index contributed by atoms with van der Waals surface area (Å²) in [6, 6.07) is 5.69. The maximum Gasteiger partial charge on any atom is 0.122 e. The van der Waals surface area contributed by atoms with Crippen LogP contribution >= 0.6 is 0 Å². The van der Waals surface area contributed by atoms with Crippen LogP contribution in [-0.4, -0.2) is 16.6 Å². The van der Waals surface area contributed by atoms with Gasteiger partial charge < -0.3 is 14.2 Å². The van der Waals surface area contributed by atoms with E-state index in [1.54, 1.807) is 7.11 Å².